The van der Waals surface area contributed by atoms with Crippen molar-refractivity contribution in [2.45, 2.75) is 86.8 Å². The predicted molar refractivity (Wildman–Crippen MR) is 274 cm³/mol. The number of carbonyl (C=O) groups is 2. The summed E-state index contributed by atoms with van der Waals surface area (Å²) < 4.78 is 96.6. The van der Waals surface area contributed by atoms with Crippen molar-refractivity contribution in [1.29, 1.82) is 0 Å². The Hall–Kier alpha value is -7.60. The number of unbranched alkanes of at least 4 members (excludes halogenated alkanes) is 3. The fourth-order valence-corrected chi connectivity index (χ4v) is 10.2. The van der Waals surface area contributed by atoms with Gasteiger partial charge in [-0.15, -0.1) is 5.10 Å². The topological polar surface area (TPSA) is 278 Å². The van der Waals surface area contributed by atoms with Gasteiger partial charge in [-0.1, -0.05) is 38.5 Å². The number of hydrogen-bond acceptors (Lipinski definition) is 15. The molecule has 6 aromatic rings. The molecule has 0 bridgehead atoms. The van der Waals surface area contributed by atoms with Crippen molar-refractivity contribution < 1.29 is 53.7 Å². The molecular formula is C51H56FN10O10S2+. The number of benzene rings is 3. The Bertz CT molecular complexity index is 3510. The Balaban J connectivity index is 0.809. The van der Waals surface area contributed by atoms with E-state index in [-0.39, 0.29) is 45.2 Å². The van der Waals surface area contributed by atoms with Crippen LogP contribution in [-0.2, 0) is 35.9 Å². The van der Waals surface area contributed by atoms with Crippen LogP contribution in [0.15, 0.2) is 123 Å². The molecule has 388 valence electrons. The number of hydrogen-bond donors (Lipinski definition) is 5. The molecule has 0 spiro atoms. The zero-order chi connectivity index (χ0) is 53.2. The summed E-state index contributed by atoms with van der Waals surface area (Å²) in [6, 6.07) is 16.1. The molecule has 1 amide bonds. The zero-order valence-electron chi connectivity index (χ0n) is 41.2. The van der Waals surface area contributed by atoms with Crippen LogP contribution in [0.2, 0.25) is 0 Å². The second-order valence-corrected chi connectivity index (χ2v) is 21.6. The monoisotopic (exact) mass is 1050 g/mol. The average Bonchev–Trinajstić information content (AvgIpc) is 4.12. The molecule has 20 nitrogen and oxygen atoms in total. The lowest BCUT2D eigenvalue weighted by molar-refractivity contribution is -0.401. The average molecular weight is 1050 g/mol. The van der Waals surface area contributed by atoms with Crippen LogP contribution in [0.3, 0.4) is 0 Å². The number of fused-ring (bicyclic) bond motifs is 3. The SMILES string of the molecule is C[N+]1=C(/C=C/C=C/C=C2N(CCCCCC(=O)Oc3ccc(C(=O)NCCCCNc4nc(N)n5nc(-c6ccco6)nc5n4)cc3F)c3ccc(S(=O)(=O)O)cc3C2(C)C)C(C)(C)c2cc(S(=O)(=O)O)ccc21. The third-order valence-corrected chi connectivity index (χ3v) is 14.7. The van der Waals surface area contributed by atoms with Crippen LogP contribution >= 0.6 is 0 Å². The molecule has 2 aliphatic heterocycles. The Morgan fingerprint density at radius 1 is 0.851 bits per heavy atom. The van der Waals surface area contributed by atoms with E-state index in [0.717, 1.165) is 34.4 Å². The molecule has 0 atom stereocenters. The van der Waals surface area contributed by atoms with Crippen LogP contribution in [0, 0.1) is 5.82 Å². The molecule has 0 radical (unpaired) electrons. The summed E-state index contributed by atoms with van der Waals surface area (Å²) in [5, 5.41) is 10.1. The number of aromatic nitrogens is 5. The quantitative estimate of drug-likeness (QED) is 0.0123. The van der Waals surface area contributed by atoms with Crippen molar-refractivity contribution >= 4 is 66.9 Å². The van der Waals surface area contributed by atoms with E-state index in [1.54, 1.807) is 24.3 Å². The Morgan fingerprint density at radius 2 is 1.58 bits per heavy atom. The van der Waals surface area contributed by atoms with Crippen LogP contribution in [-0.4, -0.2) is 99.4 Å². The highest BCUT2D eigenvalue weighted by Crippen LogP contribution is 2.49. The molecule has 8 rings (SSSR count). The van der Waals surface area contributed by atoms with E-state index in [9.17, 15) is 35.5 Å². The Kier molecular flexibility index (Phi) is 15.0. The molecule has 0 aliphatic carbocycles. The maximum atomic E-state index is 15.1. The molecule has 6 N–H and O–H groups in total. The number of nitrogen functional groups attached to an aromatic ring is 1. The number of nitrogens with one attached hydrogen (secondary N) is 2. The van der Waals surface area contributed by atoms with Gasteiger partial charge < -0.3 is 30.4 Å². The number of rotatable bonds is 20. The molecule has 3 aromatic carbocycles. The van der Waals surface area contributed by atoms with Crippen LogP contribution in [0.25, 0.3) is 17.4 Å². The van der Waals surface area contributed by atoms with Crippen LogP contribution in [0.5, 0.6) is 5.75 Å². The smallest absolute Gasteiger partial charge is 0.311 e. The molecule has 2 aliphatic rings. The summed E-state index contributed by atoms with van der Waals surface area (Å²) in [7, 11) is -6.98. The van der Waals surface area contributed by atoms with Crippen LogP contribution in [0.1, 0.15) is 87.7 Å². The maximum Gasteiger partial charge on any atom is 0.311 e. The number of allylic oxidation sites excluding steroid dienone is 6. The van der Waals surface area contributed by atoms with E-state index in [4.69, 9.17) is 14.9 Å². The van der Waals surface area contributed by atoms with Gasteiger partial charge in [-0.2, -0.15) is 40.9 Å². The molecule has 3 aromatic heterocycles. The summed E-state index contributed by atoms with van der Waals surface area (Å²) >= 11 is 0. The summed E-state index contributed by atoms with van der Waals surface area (Å²) in [5.74, 6) is -0.902. The lowest BCUT2D eigenvalue weighted by Crippen LogP contribution is -2.27. The summed E-state index contributed by atoms with van der Waals surface area (Å²) in [6.45, 7) is 9.15. The predicted octanol–water partition coefficient (Wildman–Crippen LogP) is 7.58. The highest BCUT2D eigenvalue weighted by molar-refractivity contribution is 7.86. The number of amides is 1. The minimum atomic E-state index is -4.48. The summed E-state index contributed by atoms with van der Waals surface area (Å²) in [6.07, 6.45) is 13.8. The van der Waals surface area contributed by atoms with E-state index in [2.05, 4.69) is 35.6 Å². The van der Waals surface area contributed by atoms with Gasteiger partial charge >= 0.3 is 5.97 Å². The number of halogens is 1. The van der Waals surface area contributed by atoms with Crippen molar-refractivity contribution in [3.05, 3.63) is 132 Å². The Morgan fingerprint density at radius 3 is 2.30 bits per heavy atom. The lowest BCUT2D eigenvalue weighted by atomic mass is 9.81. The van der Waals surface area contributed by atoms with Crippen molar-refractivity contribution in [2.75, 3.05) is 42.6 Å². The normalized spacial score (nSPS) is 15.7. The number of nitrogens with zero attached hydrogens (tertiary/aromatic N) is 7. The first kappa shape index (κ1) is 52.7. The van der Waals surface area contributed by atoms with Gasteiger partial charge in [0, 0.05) is 66.1 Å². The van der Waals surface area contributed by atoms with Gasteiger partial charge in [0.05, 0.1) is 21.5 Å². The second kappa shape index (κ2) is 21.1. The fourth-order valence-electron chi connectivity index (χ4n) is 9.15. The van der Waals surface area contributed by atoms with Crippen molar-refractivity contribution in [2.24, 2.45) is 0 Å². The third-order valence-electron chi connectivity index (χ3n) is 13.0. The highest BCUT2D eigenvalue weighted by atomic mass is 32.2. The first-order valence-electron chi connectivity index (χ1n) is 23.7. The van der Waals surface area contributed by atoms with Crippen molar-refractivity contribution in [1.82, 2.24) is 29.9 Å². The minimum absolute atomic E-state index is 0.00723. The minimum Gasteiger partial charge on any atom is -0.461 e. The maximum absolute atomic E-state index is 15.1. The second-order valence-electron chi connectivity index (χ2n) is 18.8. The zero-order valence-corrected chi connectivity index (χ0v) is 42.9. The van der Waals surface area contributed by atoms with Gasteiger partial charge in [0.15, 0.2) is 23.0 Å². The lowest BCUT2D eigenvalue weighted by Gasteiger charge is -2.27. The molecule has 0 unspecified atom stereocenters. The summed E-state index contributed by atoms with van der Waals surface area (Å²) in [4.78, 5) is 40.2. The number of carbonyl (C=O) groups excluding carboxylic acids is 2. The molecule has 5 heterocycles. The van der Waals surface area contributed by atoms with Gasteiger partial charge in [0.25, 0.3) is 31.9 Å². The fraction of sp³-hybridized carbons (Fsp3) is 0.314. The van der Waals surface area contributed by atoms with Crippen molar-refractivity contribution in [3.63, 3.8) is 0 Å². The molecule has 23 heteroatoms. The number of nitrogens with two attached hydrogens (primary N) is 1. The highest BCUT2D eigenvalue weighted by Gasteiger charge is 2.44. The van der Waals surface area contributed by atoms with E-state index >= 15 is 4.39 Å². The van der Waals surface area contributed by atoms with Crippen LogP contribution in [0.4, 0.5) is 27.7 Å². The largest absolute Gasteiger partial charge is 0.461 e. The van der Waals surface area contributed by atoms with E-state index in [1.165, 1.54) is 47.2 Å². The van der Waals surface area contributed by atoms with Crippen molar-refractivity contribution in [3.8, 4) is 17.3 Å². The molecule has 0 saturated carbocycles. The molecule has 0 fully saturated rings. The van der Waals surface area contributed by atoms with Gasteiger partial charge in [-0.3, -0.25) is 18.7 Å². The van der Waals surface area contributed by atoms with Gasteiger partial charge in [0.1, 0.15) is 7.05 Å². The van der Waals surface area contributed by atoms with Gasteiger partial charge in [-0.05, 0) is 112 Å². The van der Waals surface area contributed by atoms with Gasteiger partial charge in [-0.25, -0.2) is 4.39 Å². The Labute approximate surface area is 427 Å². The molecule has 0 saturated heterocycles. The standard InChI is InChI=1S/C51H55FN10O10S2/c1-50(2)35-30-33(73(65,66)67)20-22-38(35)60(5)42(50)16-8-6-9-17-43-51(3,4)36-31-34(74(68,69)70)21-23-39(36)61(43)27-13-7-10-18-44(63)72-40-24-19-32(29-37(40)52)46(64)54-25-11-12-26-55-48-57-47(53)62-49(58-48)56-45(59-62)41-15-14-28-71-41/h6,8-9,14-17,19-24,28-31H,7,10-13,18,25-27H2,1-5H3,(H5-,53,54,55,56,57,58,59,64,65,66,67,68,69,70)/p+1. The van der Waals surface area contributed by atoms with Crippen LogP contribution < -0.4 is 26.0 Å². The third kappa shape index (κ3) is 11.3. The summed E-state index contributed by atoms with van der Waals surface area (Å²) in [5.41, 5.74) is 9.65. The number of esters is 1. The number of ether oxygens (including phenoxy) is 1. The first-order chi connectivity index (χ1) is 35.0. The van der Waals surface area contributed by atoms with E-state index < -0.39 is 48.8 Å². The number of anilines is 3. The number of furan rings is 1. The molecular weight excluding hydrogens is 996 g/mol. The molecule has 74 heavy (non-hydrogen) atoms. The van der Waals surface area contributed by atoms with E-state index in [0.29, 0.717) is 68.9 Å². The van der Waals surface area contributed by atoms with Gasteiger partial charge in [0.2, 0.25) is 23.4 Å². The van der Waals surface area contributed by atoms with E-state index in [1.807, 2.05) is 69.7 Å². The first-order valence-corrected chi connectivity index (χ1v) is 26.6.